The quantitative estimate of drug-likeness (QED) is 0.724. The van der Waals surface area contributed by atoms with Crippen molar-refractivity contribution in [1.29, 1.82) is 0 Å². The third-order valence-electron chi connectivity index (χ3n) is 1.90. The topological polar surface area (TPSA) is 35.2 Å². The average molecular weight is 179 g/mol. The molecule has 0 aromatic heterocycles. The highest BCUT2D eigenvalue weighted by Crippen LogP contribution is 2.23. The Labute approximate surface area is 79.7 Å². The van der Waals surface area contributed by atoms with E-state index in [0.717, 1.165) is 23.6 Å². The summed E-state index contributed by atoms with van der Waals surface area (Å²) in [4.78, 5) is 0. The SMILES string of the molecule is Cc1c(N)cccc1OCC(C)C. The van der Waals surface area contributed by atoms with Crippen LogP contribution in [0.3, 0.4) is 0 Å². The van der Waals surface area contributed by atoms with E-state index in [0.29, 0.717) is 5.92 Å². The van der Waals surface area contributed by atoms with E-state index in [-0.39, 0.29) is 0 Å². The molecule has 2 N–H and O–H groups in total. The fourth-order valence-corrected chi connectivity index (χ4v) is 1.04. The molecule has 0 aliphatic carbocycles. The van der Waals surface area contributed by atoms with Gasteiger partial charge < -0.3 is 10.5 Å². The van der Waals surface area contributed by atoms with E-state index in [9.17, 15) is 0 Å². The molecule has 0 saturated heterocycles. The van der Waals surface area contributed by atoms with Crippen molar-refractivity contribution in [3.63, 3.8) is 0 Å². The molecule has 2 heteroatoms. The maximum absolute atomic E-state index is 5.75. The van der Waals surface area contributed by atoms with Gasteiger partial charge in [-0.1, -0.05) is 19.9 Å². The largest absolute Gasteiger partial charge is 0.493 e. The summed E-state index contributed by atoms with van der Waals surface area (Å²) < 4.78 is 5.60. The fourth-order valence-electron chi connectivity index (χ4n) is 1.04. The average Bonchev–Trinajstić information content (AvgIpc) is 2.07. The van der Waals surface area contributed by atoms with Crippen LogP contribution in [0.1, 0.15) is 19.4 Å². The van der Waals surface area contributed by atoms with Crippen LogP contribution in [0.5, 0.6) is 5.75 Å². The molecule has 0 aliphatic rings. The molecular formula is C11H17NO. The molecule has 1 rings (SSSR count). The summed E-state index contributed by atoms with van der Waals surface area (Å²) in [7, 11) is 0. The van der Waals surface area contributed by atoms with Crippen LogP contribution in [0.15, 0.2) is 18.2 Å². The second-order valence-corrected chi connectivity index (χ2v) is 3.68. The molecule has 0 amide bonds. The maximum Gasteiger partial charge on any atom is 0.124 e. The Hall–Kier alpha value is -1.18. The zero-order valence-corrected chi connectivity index (χ0v) is 8.50. The summed E-state index contributed by atoms with van der Waals surface area (Å²) in [5, 5.41) is 0. The molecule has 0 unspecified atom stereocenters. The first-order valence-electron chi connectivity index (χ1n) is 4.59. The highest BCUT2D eigenvalue weighted by atomic mass is 16.5. The van der Waals surface area contributed by atoms with E-state index < -0.39 is 0 Å². The lowest BCUT2D eigenvalue weighted by Crippen LogP contribution is -2.06. The first kappa shape index (κ1) is 9.90. The van der Waals surface area contributed by atoms with Gasteiger partial charge in [0.05, 0.1) is 6.61 Å². The van der Waals surface area contributed by atoms with Crippen molar-refractivity contribution in [2.24, 2.45) is 5.92 Å². The van der Waals surface area contributed by atoms with Crippen molar-refractivity contribution in [3.8, 4) is 5.75 Å². The van der Waals surface area contributed by atoms with Crippen LogP contribution in [-0.4, -0.2) is 6.61 Å². The van der Waals surface area contributed by atoms with Crippen molar-refractivity contribution < 1.29 is 4.74 Å². The second-order valence-electron chi connectivity index (χ2n) is 3.68. The number of anilines is 1. The van der Waals surface area contributed by atoms with Gasteiger partial charge in [-0.15, -0.1) is 0 Å². The van der Waals surface area contributed by atoms with Crippen LogP contribution in [0, 0.1) is 12.8 Å². The summed E-state index contributed by atoms with van der Waals surface area (Å²) >= 11 is 0. The number of hydrogen-bond acceptors (Lipinski definition) is 2. The summed E-state index contributed by atoms with van der Waals surface area (Å²) in [5.74, 6) is 1.44. The second kappa shape index (κ2) is 4.17. The number of hydrogen-bond donors (Lipinski definition) is 1. The maximum atomic E-state index is 5.75. The molecule has 0 fully saturated rings. The Bertz CT molecular complexity index is 281. The van der Waals surface area contributed by atoms with Crippen molar-refractivity contribution in [3.05, 3.63) is 23.8 Å². The molecule has 72 valence electrons. The third-order valence-corrected chi connectivity index (χ3v) is 1.90. The third kappa shape index (κ3) is 2.65. The van der Waals surface area contributed by atoms with Gasteiger partial charge >= 0.3 is 0 Å². The first-order valence-corrected chi connectivity index (χ1v) is 4.59. The number of ether oxygens (including phenoxy) is 1. The van der Waals surface area contributed by atoms with Gasteiger partial charge in [0.2, 0.25) is 0 Å². The van der Waals surface area contributed by atoms with Crippen LogP contribution in [-0.2, 0) is 0 Å². The van der Waals surface area contributed by atoms with E-state index in [1.807, 2.05) is 25.1 Å². The number of nitrogens with two attached hydrogens (primary N) is 1. The fraction of sp³-hybridized carbons (Fsp3) is 0.455. The Kier molecular flexibility index (Phi) is 3.18. The highest BCUT2D eigenvalue weighted by molar-refractivity contribution is 5.53. The van der Waals surface area contributed by atoms with Crippen LogP contribution < -0.4 is 10.5 Å². The summed E-state index contributed by atoms with van der Waals surface area (Å²) in [6, 6.07) is 5.75. The van der Waals surface area contributed by atoms with Crippen molar-refractivity contribution in [1.82, 2.24) is 0 Å². The Morgan fingerprint density at radius 1 is 1.38 bits per heavy atom. The molecule has 0 aliphatic heterocycles. The lowest BCUT2D eigenvalue weighted by atomic mass is 10.2. The van der Waals surface area contributed by atoms with Crippen LogP contribution >= 0.6 is 0 Å². The zero-order chi connectivity index (χ0) is 9.84. The summed E-state index contributed by atoms with van der Waals surface area (Å²) in [6.45, 7) is 6.97. The van der Waals surface area contributed by atoms with Gasteiger partial charge in [-0.05, 0) is 25.0 Å². The monoisotopic (exact) mass is 179 g/mol. The predicted molar refractivity (Wildman–Crippen MR) is 55.9 cm³/mol. The van der Waals surface area contributed by atoms with Gasteiger partial charge in [0.1, 0.15) is 5.75 Å². The highest BCUT2D eigenvalue weighted by Gasteiger charge is 2.02. The normalized spacial score (nSPS) is 10.5. The summed E-state index contributed by atoms with van der Waals surface area (Å²) in [6.07, 6.45) is 0. The molecule has 0 atom stereocenters. The van der Waals surface area contributed by atoms with Gasteiger partial charge in [0.25, 0.3) is 0 Å². The minimum atomic E-state index is 0.542. The lowest BCUT2D eigenvalue weighted by Gasteiger charge is -2.11. The van der Waals surface area contributed by atoms with Crippen molar-refractivity contribution >= 4 is 5.69 Å². The molecule has 1 aromatic rings. The van der Waals surface area contributed by atoms with Crippen LogP contribution in [0.25, 0.3) is 0 Å². The van der Waals surface area contributed by atoms with Gasteiger partial charge in [0, 0.05) is 11.3 Å². The number of nitrogen functional groups attached to an aromatic ring is 1. The van der Waals surface area contributed by atoms with E-state index in [2.05, 4.69) is 13.8 Å². The molecule has 0 bridgehead atoms. The molecule has 1 aromatic carbocycles. The minimum Gasteiger partial charge on any atom is -0.493 e. The summed E-state index contributed by atoms with van der Waals surface area (Å²) in [5.41, 5.74) is 7.57. The van der Waals surface area contributed by atoms with Gasteiger partial charge in [-0.3, -0.25) is 0 Å². The Balaban J connectivity index is 2.71. The molecule has 0 heterocycles. The van der Waals surface area contributed by atoms with Gasteiger partial charge in [-0.2, -0.15) is 0 Å². The van der Waals surface area contributed by atoms with Gasteiger partial charge in [-0.25, -0.2) is 0 Å². The van der Waals surface area contributed by atoms with Crippen molar-refractivity contribution in [2.75, 3.05) is 12.3 Å². The molecule has 2 nitrogen and oxygen atoms in total. The van der Waals surface area contributed by atoms with E-state index in [1.165, 1.54) is 0 Å². The van der Waals surface area contributed by atoms with Crippen LogP contribution in [0.2, 0.25) is 0 Å². The molecule has 0 spiro atoms. The van der Waals surface area contributed by atoms with E-state index in [4.69, 9.17) is 10.5 Å². The van der Waals surface area contributed by atoms with Gasteiger partial charge in [0.15, 0.2) is 0 Å². The Morgan fingerprint density at radius 2 is 2.08 bits per heavy atom. The lowest BCUT2D eigenvalue weighted by molar-refractivity contribution is 0.269. The zero-order valence-electron chi connectivity index (χ0n) is 8.50. The molecule has 0 radical (unpaired) electrons. The Morgan fingerprint density at radius 3 is 2.69 bits per heavy atom. The predicted octanol–water partition coefficient (Wildman–Crippen LogP) is 2.61. The number of rotatable bonds is 3. The molecular weight excluding hydrogens is 162 g/mol. The smallest absolute Gasteiger partial charge is 0.124 e. The van der Waals surface area contributed by atoms with Crippen molar-refractivity contribution in [2.45, 2.75) is 20.8 Å². The first-order chi connectivity index (χ1) is 6.11. The standard InChI is InChI=1S/C11H17NO/c1-8(2)7-13-11-6-4-5-10(12)9(11)3/h4-6,8H,7,12H2,1-3H3. The van der Waals surface area contributed by atoms with Crippen LogP contribution in [0.4, 0.5) is 5.69 Å². The number of benzene rings is 1. The molecule has 0 saturated carbocycles. The van der Waals surface area contributed by atoms with E-state index in [1.54, 1.807) is 0 Å². The minimum absolute atomic E-state index is 0.542. The molecule has 13 heavy (non-hydrogen) atoms. The van der Waals surface area contributed by atoms with E-state index >= 15 is 0 Å².